The number of hydrogen-bond donors (Lipinski definition) is 1. The van der Waals surface area contributed by atoms with E-state index in [1.165, 1.54) is 24.8 Å². The Morgan fingerprint density at radius 1 is 1.12 bits per heavy atom. The molecular weight excluding hydrogens is 210 g/mol. The molecule has 2 N–H and O–H groups in total. The van der Waals surface area contributed by atoms with Crippen LogP contribution in [0, 0.1) is 0 Å². The highest BCUT2D eigenvalue weighted by Gasteiger charge is 2.03. The summed E-state index contributed by atoms with van der Waals surface area (Å²) >= 11 is 0. The van der Waals surface area contributed by atoms with Crippen LogP contribution in [-0.4, -0.2) is 13.2 Å². The van der Waals surface area contributed by atoms with Gasteiger partial charge in [-0.1, -0.05) is 38.3 Å². The Bertz CT molecular complexity index is 294. The number of benzene rings is 1. The van der Waals surface area contributed by atoms with Crippen LogP contribution in [0.25, 0.3) is 0 Å². The van der Waals surface area contributed by atoms with Gasteiger partial charge >= 0.3 is 0 Å². The first-order valence-corrected chi connectivity index (χ1v) is 6.64. The van der Waals surface area contributed by atoms with E-state index in [4.69, 9.17) is 10.5 Å². The topological polar surface area (TPSA) is 35.2 Å². The predicted molar refractivity (Wildman–Crippen MR) is 73.4 cm³/mol. The van der Waals surface area contributed by atoms with Crippen molar-refractivity contribution in [3.8, 4) is 5.75 Å². The molecule has 1 atom stereocenters. The van der Waals surface area contributed by atoms with Crippen LogP contribution in [0.3, 0.4) is 0 Å². The van der Waals surface area contributed by atoms with Crippen LogP contribution in [0.4, 0.5) is 0 Å². The Kier molecular flexibility index (Phi) is 6.71. The van der Waals surface area contributed by atoms with Gasteiger partial charge < -0.3 is 10.5 Å². The molecule has 0 fully saturated rings. The molecule has 1 rings (SSSR count). The summed E-state index contributed by atoms with van der Waals surface area (Å²) in [5.74, 6) is 0.918. The van der Waals surface area contributed by atoms with Gasteiger partial charge in [0.1, 0.15) is 5.75 Å². The molecule has 2 heteroatoms. The first-order chi connectivity index (χ1) is 8.26. The lowest BCUT2D eigenvalue weighted by Gasteiger charge is -2.11. The second-order valence-electron chi connectivity index (χ2n) is 4.64. The van der Waals surface area contributed by atoms with E-state index in [9.17, 15) is 0 Å². The highest BCUT2D eigenvalue weighted by molar-refractivity contribution is 5.27. The Morgan fingerprint density at radius 2 is 1.82 bits per heavy atom. The lowest BCUT2D eigenvalue weighted by molar-refractivity contribution is 0.414. The Balaban J connectivity index is 2.24. The van der Waals surface area contributed by atoms with Gasteiger partial charge in [-0.05, 0) is 37.0 Å². The first kappa shape index (κ1) is 14.0. The SMILES string of the molecule is CCCCCC(N)CCc1ccc(OC)cc1. The van der Waals surface area contributed by atoms with Gasteiger partial charge in [0.2, 0.25) is 0 Å². The van der Waals surface area contributed by atoms with Crippen LogP contribution in [0.2, 0.25) is 0 Å². The molecule has 0 spiro atoms. The fraction of sp³-hybridized carbons (Fsp3) is 0.600. The van der Waals surface area contributed by atoms with Crippen LogP contribution in [0.1, 0.15) is 44.6 Å². The van der Waals surface area contributed by atoms with Crippen molar-refractivity contribution in [2.75, 3.05) is 7.11 Å². The molecule has 0 amide bonds. The van der Waals surface area contributed by atoms with Crippen LogP contribution in [0.15, 0.2) is 24.3 Å². The summed E-state index contributed by atoms with van der Waals surface area (Å²) in [6.07, 6.45) is 7.14. The molecule has 0 aliphatic carbocycles. The number of aryl methyl sites for hydroxylation is 1. The molecule has 1 aromatic rings. The van der Waals surface area contributed by atoms with Crippen LogP contribution in [-0.2, 0) is 6.42 Å². The van der Waals surface area contributed by atoms with E-state index in [1.807, 2.05) is 12.1 Å². The zero-order chi connectivity index (χ0) is 12.5. The van der Waals surface area contributed by atoms with Gasteiger partial charge in [-0.25, -0.2) is 0 Å². The highest BCUT2D eigenvalue weighted by Crippen LogP contribution is 2.14. The molecular formula is C15H25NO. The maximum atomic E-state index is 6.09. The van der Waals surface area contributed by atoms with Crippen molar-refractivity contribution in [2.45, 2.75) is 51.5 Å². The maximum Gasteiger partial charge on any atom is 0.118 e. The van der Waals surface area contributed by atoms with Crippen molar-refractivity contribution in [2.24, 2.45) is 5.73 Å². The van der Waals surface area contributed by atoms with Gasteiger partial charge in [0.15, 0.2) is 0 Å². The lowest BCUT2D eigenvalue weighted by Crippen LogP contribution is -2.20. The first-order valence-electron chi connectivity index (χ1n) is 6.64. The van der Waals surface area contributed by atoms with E-state index in [2.05, 4.69) is 19.1 Å². The monoisotopic (exact) mass is 235 g/mol. The van der Waals surface area contributed by atoms with Crippen LogP contribution >= 0.6 is 0 Å². The van der Waals surface area contributed by atoms with Crippen molar-refractivity contribution in [1.29, 1.82) is 0 Å². The van der Waals surface area contributed by atoms with E-state index in [0.29, 0.717) is 6.04 Å². The summed E-state index contributed by atoms with van der Waals surface area (Å²) in [5.41, 5.74) is 7.44. The number of rotatable bonds is 8. The van der Waals surface area contributed by atoms with Crippen molar-refractivity contribution < 1.29 is 4.74 Å². The molecule has 1 aromatic carbocycles. The Labute approximate surface area is 105 Å². The third-order valence-electron chi connectivity index (χ3n) is 3.14. The van der Waals surface area contributed by atoms with E-state index in [-0.39, 0.29) is 0 Å². The number of nitrogens with two attached hydrogens (primary N) is 1. The maximum absolute atomic E-state index is 6.09. The van der Waals surface area contributed by atoms with Gasteiger partial charge in [-0.15, -0.1) is 0 Å². The number of ether oxygens (including phenoxy) is 1. The van der Waals surface area contributed by atoms with Gasteiger partial charge in [-0.3, -0.25) is 0 Å². The highest BCUT2D eigenvalue weighted by atomic mass is 16.5. The molecule has 0 aliphatic rings. The summed E-state index contributed by atoms with van der Waals surface area (Å²) in [4.78, 5) is 0. The molecule has 0 heterocycles. The standard InChI is InChI=1S/C15H25NO/c1-3-4-5-6-14(16)10-7-13-8-11-15(17-2)12-9-13/h8-9,11-12,14H,3-7,10,16H2,1-2H3. The fourth-order valence-corrected chi connectivity index (χ4v) is 1.95. The lowest BCUT2D eigenvalue weighted by atomic mass is 10.0. The van der Waals surface area contributed by atoms with E-state index < -0.39 is 0 Å². The molecule has 1 unspecified atom stereocenters. The minimum Gasteiger partial charge on any atom is -0.497 e. The van der Waals surface area contributed by atoms with Gasteiger partial charge in [0, 0.05) is 6.04 Å². The second kappa shape index (κ2) is 8.13. The number of hydrogen-bond acceptors (Lipinski definition) is 2. The largest absolute Gasteiger partial charge is 0.497 e. The minimum atomic E-state index is 0.351. The zero-order valence-electron chi connectivity index (χ0n) is 11.1. The summed E-state index contributed by atoms with van der Waals surface area (Å²) in [5, 5.41) is 0. The van der Waals surface area contributed by atoms with E-state index in [1.54, 1.807) is 7.11 Å². The Hall–Kier alpha value is -1.02. The average molecular weight is 235 g/mol. The number of methoxy groups -OCH3 is 1. The molecule has 96 valence electrons. The van der Waals surface area contributed by atoms with Crippen molar-refractivity contribution in [3.63, 3.8) is 0 Å². The summed E-state index contributed by atoms with van der Waals surface area (Å²) < 4.78 is 5.14. The normalized spacial score (nSPS) is 12.4. The molecule has 0 aromatic heterocycles. The average Bonchev–Trinajstić information content (AvgIpc) is 2.37. The predicted octanol–water partition coefficient (Wildman–Crippen LogP) is 3.54. The molecule has 2 nitrogen and oxygen atoms in total. The molecule has 0 bridgehead atoms. The van der Waals surface area contributed by atoms with Crippen molar-refractivity contribution in [3.05, 3.63) is 29.8 Å². The quantitative estimate of drug-likeness (QED) is 0.699. The third kappa shape index (κ3) is 5.73. The van der Waals surface area contributed by atoms with E-state index >= 15 is 0 Å². The van der Waals surface area contributed by atoms with Crippen molar-refractivity contribution in [1.82, 2.24) is 0 Å². The van der Waals surface area contributed by atoms with Gasteiger partial charge in [0.25, 0.3) is 0 Å². The minimum absolute atomic E-state index is 0.351. The summed E-state index contributed by atoms with van der Waals surface area (Å²) in [7, 11) is 1.69. The fourth-order valence-electron chi connectivity index (χ4n) is 1.95. The third-order valence-corrected chi connectivity index (χ3v) is 3.14. The van der Waals surface area contributed by atoms with Crippen LogP contribution < -0.4 is 10.5 Å². The van der Waals surface area contributed by atoms with Gasteiger partial charge in [0.05, 0.1) is 7.11 Å². The van der Waals surface area contributed by atoms with Crippen molar-refractivity contribution >= 4 is 0 Å². The van der Waals surface area contributed by atoms with E-state index in [0.717, 1.165) is 25.0 Å². The zero-order valence-corrected chi connectivity index (χ0v) is 11.1. The summed E-state index contributed by atoms with van der Waals surface area (Å²) in [6.45, 7) is 2.23. The molecule has 0 aliphatic heterocycles. The summed E-state index contributed by atoms with van der Waals surface area (Å²) in [6, 6.07) is 8.62. The molecule has 0 saturated carbocycles. The Morgan fingerprint density at radius 3 is 2.41 bits per heavy atom. The van der Waals surface area contributed by atoms with Crippen LogP contribution in [0.5, 0.6) is 5.75 Å². The smallest absolute Gasteiger partial charge is 0.118 e. The molecule has 0 radical (unpaired) electrons. The molecule has 0 saturated heterocycles. The second-order valence-corrected chi connectivity index (χ2v) is 4.64. The number of unbranched alkanes of at least 4 members (excludes halogenated alkanes) is 2. The molecule has 17 heavy (non-hydrogen) atoms. The van der Waals surface area contributed by atoms with Gasteiger partial charge in [-0.2, -0.15) is 0 Å².